The number of carboxylic acid groups (broad SMARTS) is 1. The number of aromatic nitrogens is 4. The molecule has 2 aliphatic rings. The molecule has 4 amide bonds. The Morgan fingerprint density at radius 2 is 1.82 bits per heavy atom. The van der Waals surface area contributed by atoms with Crippen LogP contribution < -0.4 is 16.0 Å². The third-order valence-corrected chi connectivity index (χ3v) is 7.87. The molecule has 1 unspecified atom stereocenters. The summed E-state index contributed by atoms with van der Waals surface area (Å²) in [6.07, 6.45) is 6.22. The molecule has 1 saturated carbocycles. The van der Waals surface area contributed by atoms with E-state index < -0.39 is 29.9 Å². The molecule has 1 aromatic heterocycles. The number of carbonyl (C=O) groups excluding carboxylic acids is 4. The number of rotatable bonds is 13. The van der Waals surface area contributed by atoms with Crippen molar-refractivity contribution in [2.24, 2.45) is 17.8 Å². The van der Waals surface area contributed by atoms with Gasteiger partial charge in [-0.05, 0) is 24.2 Å². The first-order chi connectivity index (χ1) is 18.7. The summed E-state index contributed by atoms with van der Waals surface area (Å²) < 4.78 is 0. The molecule has 3 rings (SSSR count). The van der Waals surface area contributed by atoms with Gasteiger partial charge in [-0.2, -0.15) is 5.21 Å². The van der Waals surface area contributed by atoms with Gasteiger partial charge >= 0.3 is 5.97 Å². The van der Waals surface area contributed by atoms with Gasteiger partial charge in [-0.25, -0.2) is 0 Å². The summed E-state index contributed by atoms with van der Waals surface area (Å²) >= 11 is 0. The van der Waals surface area contributed by atoms with Crippen LogP contribution in [0.15, 0.2) is 0 Å². The van der Waals surface area contributed by atoms with Crippen LogP contribution in [-0.2, 0) is 30.5 Å². The van der Waals surface area contributed by atoms with Crippen molar-refractivity contribution in [3.05, 3.63) is 5.82 Å². The average Bonchev–Trinajstić information content (AvgIpc) is 3.63. The van der Waals surface area contributed by atoms with Gasteiger partial charge in [0.15, 0.2) is 5.82 Å². The second kappa shape index (κ2) is 14.5. The lowest BCUT2D eigenvalue weighted by atomic mass is 9.79. The van der Waals surface area contributed by atoms with E-state index in [1.54, 1.807) is 11.8 Å². The Bertz CT molecular complexity index is 997. The van der Waals surface area contributed by atoms with Crippen LogP contribution in [-0.4, -0.2) is 85.4 Å². The van der Waals surface area contributed by atoms with Gasteiger partial charge in [0.1, 0.15) is 12.1 Å². The fraction of sp³-hybridized carbons (Fsp3) is 0.760. The number of carboxylic acids is 1. The highest BCUT2D eigenvalue weighted by atomic mass is 16.4. The zero-order valence-electron chi connectivity index (χ0n) is 22.6. The second-order valence-corrected chi connectivity index (χ2v) is 10.5. The van der Waals surface area contributed by atoms with E-state index in [4.69, 9.17) is 5.11 Å². The van der Waals surface area contributed by atoms with E-state index in [0.717, 1.165) is 25.7 Å². The largest absolute Gasteiger partial charge is 0.481 e. The van der Waals surface area contributed by atoms with Crippen molar-refractivity contribution in [2.45, 2.75) is 90.3 Å². The molecule has 216 valence electrons. The molecule has 0 spiro atoms. The van der Waals surface area contributed by atoms with Crippen LogP contribution in [0.5, 0.6) is 0 Å². The fourth-order valence-corrected chi connectivity index (χ4v) is 5.42. The number of aliphatic carboxylic acids is 1. The minimum absolute atomic E-state index is 0.0802. The van der Waals surface area contributed by atoms with Crippen LogP contribution in [0.25, 0.3) is 0 Å². The molecular weight excluding hydrogens is 508 g/mol. The molecule has 1 saturated heterocycles. The molecular formula is C25H40N8O6. The van der Waals surface area contributed by atoms with Gasteiger partial charge in [0.05, 0.1) is 19.5 Å². The number of likely N-dealkylation sites (tertiary alicyclic amines) is 1. The summed E-state index contributed by atoms with van der Waals surface area (Å²) in [6, 6.07) is -1.58. The molecule has 5 N–H and O–H groups in total. The number of hydrogen-bond donors (Lipinski definition) is 5. The topological polar surface area (TPSA) is 199 Å². The van der Waals surface area contributed by atoms with Crippen molar-refractivity contribution >= 4 is 29.6 Å². The number of nitrogens with one attached hydrogen (secondary N) is 4. The standard InChI is InChI=1S/C25H40N8O6/c1-3-15(2)23(28-20(34)9-10-22(36)37)25(39)27-13-21(35)33-14-17(16-7-5-4-6-8-16)11-18(33)24(38)26-12-19-29-31-32-30-19/h15-18,23H,3-14H2,1-2H3,(H,26,38)(H,27,39)(H,28,34)(H,36,37)(H,29,30,31,32)/t15-,17+,18?,23-/m0/s1. The molecule has 39 heavy (non-hydrogen) atoms. The minimum atomic E-state index is -1.10. The lowest BCUT2D eigenvalue weighted by molar-refractivity contribution is -0.140. The molecule has 1 aromatic rings. The number of hydrogen-bond acceptors (Lipinski definition) is 8. The first kappa shape index (κ1) is 30.0. The van der Waals surface area contributed by atoms with E-state index in [0.29, 0.717) is 31.1 Å². The van der Waals surface area contributed by atoms with Gasteiger partial charge < -0.3 is 26.0 Å². The van der Waals surface area contributed by atoms with Crippen LogP contribution in [0, 0.1) is 17.8 Å². The lowest BCUT2D eigenvalue weighted by Crippen LogP contribution is -2.53. The first-order valence-corrected chi connectivity index (χ1v) is 13.8. The molecule has 1 aliphatic carbocycles. The van der Waals surface area contributed by atoms with Gasteiger partial charge in [-0.15, -0.1) is 10.2 Å². The summed E-state index contributed by atoms with van der Waals surface area (Å²) in [5.41, 5.74) is 0. The number of aromatic amines is 1. The van der Waals surface area contributed by atoms with E-state index in [-0.39, 0.29) is 49.6 Å². The number of tetrazole rings is 1. The Balaban J connectivity index is 1.63. The highest BCUT2D eigenvalue weighted by molar-refractivity contribution is 5.93. The smallest absolute Gasteiger partial charge is 0.303 e. The van der Waals surface area contributed by atoms with Crippen LogP contribution >= 0.6 is 0 Å². The molecule has 2 fully saturated rings. The van der Waals surface area contributed by atoms with E-state index in [1.165, 1.54) is 6.42 Å². The predicted octanol–water partition coefficient (Wildman–Crippen LogP) is 0.125. The molecule has 0 bridgehead atoms. The molecule has 2 heterocycles. The predicted molar refractivity (Wildman–Crippen MR) is 137 cm³/mol. The zero-order valence-corrected chi connectivity index (χ0v) is 22.6. The zero-order chi connectivity index (χ0) is 28.4. The molecule has 14 nitrogen and oxygen atoms in total. The Morgan fingerprint density at radius 1 is 1.08 bits per heavy atom. The van der Waals surface area contributed by atoms with Crippen LogP contribution in [0.1, 0.15) is 77.5 Å². The molecule has 0 aromatic carbocycles. The average molecular weight is 549 g/mol. The summed E-state index contributed by atoms with van der Waals surface area (Å²) in [4.78, 5) is 63.9. The summed E-state index contributed by atoms with van der Waals surface area (Å²) in [5, 5.41) is 30.3. The van der Waals surface area contributed by atoms with E-state index in [1.807, 2.05) is 6.92 Å². The SMILES string of the molecule is CC[C@H](C)[C@H](NC(=O)CCC(=O)O)C(=O)NCC(=O)N1C[C@H](C2CCCCC2)CC1C(=O)NCc1nn[nH]n1. The van der Waals surface area contributed by atoms with Crippen molar-refractivity contribution in [1.82, 2.24) is 41.5 Å². The summed E-state index contributed by atoms with van der Waals surface area (Å²) in [7, 11) is 0. The Hall–Kier alpha value is -3.58. The Labute approximate surface area is 227 Å². The maximum atomic E-state index is 13.3. The number of nitrogens with zero attached hydrogens (tertiary/aromatic N) is 4. The van der Waals surface area contributed by atoms with Gasteiger partial charge in [0.25, 0.3) is 0 Å². The molecule has 14 heteroatoms. The summed E-state index contributed by atoms with van der Waals surface area (Å²) in [5.74, 6) is -2.10. The fourth-order valence-electron chi connectivity index (χ4n) is 5.42. The maximum absolute atomic E-state index is 13.3. The Morgan fingerprint density at radius 3 is 2.46 bits per heavy atom. The third-order valence-electron chi connectivity index (χ3n) is 7.87. The van der Waals surface area contributed by atoms with Crippen molar-refractivity contribution in [2.75, 3.05) is 13.1 Å². The van der Waals surface area contributed by atoms with E-state index in [9.17, 15) is 24.0 Å². The first-order valence-electron chi connectivity index (χ1n) is 13.8. The van der Waals surface area contributed by atoms with Crippen LogP contribution in [0.3, 0.4) is 0 Å². The monoisotopic (exact) mass is 548 g/mol. The highest BCUT2D eigenvalue weighted by Crippen LogP contribution is 2.37. The van der Waals surface area contributed by atoms with E-state index in [2.05, 4.69) is 36.6 Å². The quantitative estimate of drug-likeness (QED) is 0.227. The third kappa shape index (κ3) is 8.72. The van der Waals surface area contributed by atoms with Gasteiger partial charge in [0.2, 0.25) is 23.6 Å². The Kier molecular flexibility index (Phi) is 11.2. The van der Waals surface area contributed by atoms with Gasteiger partial charge in [0, 0.05) is 13.0 Å². The minimum Gasteiger partial charge on any atom is -0.481 e. The van der Waals surface area contributed by atoms with Crippen molar-refractivity contribution in [3.63, 3.8) is 0 Å². The summed E-state index contributed by atoms with van der Waals surface area (Å²) in [6.45, 7) is 3.87. The normalized spacial score (nSPS) is 21.1. The van der Waals surface area contributed by atoms with Gasteiger partial charge in [-0.1, -0.05) is 57.6 Å². The highest BCUT2D eigenvalue weighted by Gasteiger charge is 2.42. The second-order valence-electron chi connectivity index (χ2n) is 10.5. The van der Waals surface area contributed by atoms with Crippen LogP contribution in [0.4, 0.5) is 0 Å². The van der Waals surface area contributed by atoms with Crippen molar-refractivity contribution < 1.29 is 29.1 Å². The van der Waals surface area contributed by atoms with Crippen molar-refractivity contribution in [1.29, 1.82) is 0 Å². The molecule has 1 aliphatic heterocycles. The number of amides is 4. The lowest BCUT2D eigenvalue weighted by Gasteiger charge is -2.28. The van der Waals surface area contributed by atoms with Gasteiger partial charge in [-0.3, -0.25) is 24.0 Å². The molecule has 4 atom stereocenters. The van der Waals surface area contributed by atoms with E-state index >= 15 is 0 Å². The maximum Gasteiger partial charge on any atom is 0.303 e. The molecule has 0 radical (unpaired) electrons. The van der Waals surface area contributed by atoms with Crippen LogP contribution in [0.2, 0.25) is 0 Å². The number of carbonyl (C=O) groups is 5. The van der Waals surface area contributed by atoms with Crippen molar-refractivity contribution in [3.8, 4) is 0 Å². The number of H-pyrrole nitrogens is 1.